The van der Waals surface area contributed by atoms with Gasteiger partial charge in [-0.2, -0.15) is 0 Å². The lowest BCUT2D eigenvalue weighted by Crippen LogP contribution is -2.26. The summed E-state index contributed by atoms with van der Waals surface area (Å²) in [5, 5.41) is 8.28. The summed E-state index contributed by atoms with van der Waals surface area (Å²) in [4.78, 5) is 23.9. The van der Waals surface area contributed by atoms with E-state index in [1.165, 1.54) is 16.3 Å². The molecule has 0 atom stereocenters. The highest BCUT2D eigenvalue weighted by atomic mass is 16.2. The van der Waals surface area contributed by atoms with Crippen LogP contribution >= 0.6 is 0 Å². The molecule has 1 aliphatic heterocycles. The summed E-state index contributed by atoms with van der Waals surface area (Å²) in [6.07, 6.45) is 1.94. The molecule has 26 heavy (non-hydrogen) atoms. The van der Waals surface area contributed by atoms with Crippen LogP contribution in [0.5, 0.6) is 0 Å². The lowest BCUT2D eigenvalue weighted by atomic mass is 10.00. The molecule has 0 saturated heterocycles. The fourth-order valence-corrected chi connectivity index (χ4v) is 3.45. The Morgan fingerprint density at radius 2 is 1.85 bits per heavy atom. The molecule has 0 aromatic heterocycles. The zero-order valence-electron chi connectivity index (χ0n) is 14.4. The Hall–Kier alpha value is -3.14. The van der Waals surface area contributed by atoms with Crippen molar-refractivity contribution in [1.82, 2.24) is 5.32 Å². The van der Waals surface area contributed by atoms with E-state index in [4.69, 9.17) is 0 Å². The van der Waals surface area contributed by atoms with E-state index in [9.17, 15) is 9.59 Å². The number of anilines is 1. The molecule has 4 rings (SSSR count). The van der Waals surface area contributed by atoms with E-state index in [-0.39, 0.29) is 11.8 Å². The number of benzene rings is 3. The van der Waals surface area contributed by atoms with E-state index in [2.05, 4.69) is 41.0 Å². The molecule has 0 fully saturated rings. The van der Waals surface area contributed by atoms with E-state index in [1.54, 1.807) is 6.07 Å². The minimum Gasteiger partial charge on any atom is -0.352 e. The lowest BCUT2D eigenvalue weighted by molar-refractivity contribution is -0.116. The van der Waals surface area contributed by atoms with Crippen molar-refractivity contribution in [3.63, 3.8) is 0 Å². The summed E-state index contributed by atoms with van der Waals surface area (Å²) in [7, 11) is 0. The van der Waals surface area contributed by atoms with Gasteiger partial charge >= 0.3 is 0 Å². The molecule has 0 radical (unpaired) electrons. The zero-order valence-corrected chi connectivity index (χ0v) is 14.4. The van der Waals surface area contributed by atoms with Crippen molar-refractivity contribution < 1.29 is 9.59 Å². The van der Waals surface area contributed by atoms with Gasteiger partial charge in [0.2, 0.25) is 5.91 Å². The molecule has 1 heterocycles. The predicted molar refractivity (Wildman–Crippen MR) is 103 cm³/mol. The molecule has 2 amide bonds. The van der Waals surface area contributed by atoms with Crippen LogP contribution in [0.25, 0.3) is 10.8 Å². The fourth-order valence-electron chi connectivity index (χ4n) is 3.45. The Kier molecular flexibility index (Phi) is 4.40. The number of amides is 2. The second-order valence-corrected chi connectivity index (χ2v) is 6.56. The van der Waals surface area contributed by atoms with Gasteiger partial charge < -0.3 is 10.6 Å². The second-order valence-electron chi connectivity index (χ2n) is 6.56. The molecule has 0 saturated carbocycles. The number of carbonyl (C=O) groups excluding carboxylic acids is 2. The molecule has 0 bridgehead atoms. The van der Waals surface area contributed by atoms with E-state index in [1.807, 2.05) is 24.3 Å². The van der Waals surface area contributed by atoms with Gasteiger partial charge in [-0.1, -0.05) is 42.5 Å². The van der Waals surface area contributed by atoms with Crippen LogP contribution in [-0.2, 0) is 17.6 Å². The Labute approximate surface area is 152 Å². The van der Waals surface area contributed by atoms with Crippen LogP contribution in [-0.4, -0.2) is 18.4 Å². The SMILES string of the molecule is O=C1CCc2cc(C(=O)NCCc3cccc4ccccc34)ccc2N1. The van der Waals surface area contributed by atoms with Crippen molar-refractivity contribution in [2.24, 2.45) is 0 Å². The van der Waals surface area contributed by atoms with E-state index >= 15 is 0 Å². The van der Waals surface area contributed by atoms with Gasteiger partial charge in [0.25, 0.3) is 5.91 Å². The van der Waals surface area contributed by atoms with Gasteiger partial charge in [0.15, 0.2) is 0 Å². The van der Waals surface area contributed by atoms with Gasteiger partial charge in [0.1, 0.15) is 0 Å². The Morgan fingerprint density at radius 1 is 1.00 bits per heavy atom. The third-order valence-corrected chi connectivity index (χ3v) is 4.82. The molecule has 3 aromatic carbocycles. The van der Waals surface area contributed by atoms with Crippen LogP contribution in [0.15, 0.2) is 60.7 Å². The summed E-state index contributed by atoms with van der Waals surface area (Å²) >= 11 is 0. The van der Waals surface area contributed by atoms with Crippen LogP contribution in [0.4, 0.5) is 5.69 Å². The highest BCUT2D eigenvalue weighted by Gasteiger charge is 2.16. The maximum atomic E-state index is 12.5. The van der Waals surface area contributed by atoms with Gasteiger partial charge in [-0.25, -0.2) is 0 Å². The molecule has 3 aromatic rings. The molecule has 4 nitrogen and oxygen atoms in total. The predicted octanol–water partition coefficient (Wildman–Crippen LogP) is 3.70. The molecule has 0 unspecified atom stereocenters. The summed E-state index contributed by atoms with van der Waals surface area (Å²) in [5.74, 6) is -0.0466. The van der Waals surface area contributed by atoms with Crippen LogP contribution < -0.4 is 10.6 Å². The molecule has 130 valence electrons. The topological polar surface area (TPSA) is 58.2 Å². The minimum atomic E-state index is -0.0788. The molecule has 0 spiro atoms. The number of hydrogen-bond donors (Lipinski definition) is 2. The number of hydrogen-bond acceptors (Lipinski definition) is 2. The van der Waals surface area contributed by atoms with Gasteiger partial charge in [-0.05, 0) is 52.9 Å². The van der Waals surface area contributed by atoms with Crippen molar-refractivity contribution in [2.75, 3.05) is 11.9 Å². The quantitative estimate of drug-likeness (QED) is 0.758. The first-order valence-electron chi connectivity index (χ1n) is 8.88. The number of aryl methyl sites for hydroxylation is 1. The second kappa shape index (κ2) is 7.00. The maximum Gasteiger partial charge on any atom is 0.251 e. The third-order valence-electron chi connectivity index (χ3n) is 4.82. The Balaban J connectivity index is 1.42. The fraction of sp³-hybridized carbons (Fsp3) is 0.182. The van der Waals surface area contributed by atoms with Crippen molar-refractivity contribution in [3.05, 3.63) is 77.4 Å². The highest BCUT2D eigenvalue weighted by Crippen LogP contribution is 2.23. The standard InChI is InChI=1S/C22H20N2O2/c25-21-11-9-17-14-18(8-10-20(17)24-21)22(26)23-13-12-16-6-3-5-15-4-1-2-7-19(15)16/h1-8,10,14H,9,11-13H2,(H,23,26)(H,24,25). The summed E-state index contributed by atoms with van der Waals surface area (Å²) in [6, 6.07) is 20.0. The zero-order chi connectivity index (χ0) is 17.9. The van der Waals surface area contributed by atoms with Gasteiger partial charge in [-0.15, -0.1) is 0 Å². The first kappa shape index (κ1) is 16.3. The molecule has 1 aliphatic rings. The van der Waals surface area contributed by atoms with Crippen LogP contribution in [0, 0.1) is 0 Å². The monoisotopic (exact) mass is 344 g/mol. The summed E-state index contributed by atoms with van der Waals surface area (Å²) in [6.45, 7) is 0.584. The van der Waals surface area contributed by atoms with Gasteiger partial charge in [0.05, 0.1) is 0 Å². The van der Waals surface area contributed by atoms with E-state index in [0.717, 1.165) is 17.7 Å². The lowest BCUT2D eigenvalue weighted by Gasteiger charge is -2.17. The number of nitrogens with one attached hydrogen (secondary N) is 2. The first-order valence-corrected chi connectivity index (χ1v) is 8.88. The molecule has 4 heteroatoms. The molecule has 2 N–H and O–H groups in total. The summed E-state index contributed by atoms with van der Waals surface area (Å²) in [5.41, 5.74) is 3.70. The minimum absolute atomic E-state index is 0.0322. The highest BCUT2D eigenvalue weighted by molar-refractivity contribution is 5.98. The van der Waals surface area contributed by atoms with Crippen molar-refractivity contribution >= 4 is 28.3 Å². The van der Waals surface area contributed by atoms with Gasteiger partial charge in [-0.3, -0.25) is 9.59 Å². The van der Waals surface area contributed by atoms with Gasteiger partial charge in [0, 0.05) is 24.2 Å². The Morgan fingerprint density at radius 3 is 2.77 bits per heavy atom. The Bertz CT molecular complexity index is 989. The first-order chi connectivity index (χ1) is 12.7. The third kappa shape index (κ3) is 3.31. The van der Waals surface area contributed by atoms with Crippen molar-refractivity contribution in [2.45, 2.75) is 19.3 Å². The summed E-state index contributed by atoms with van der Waals surface area (Å²) < 4.78 is 0. The average molecular weight is 344 g/mol. The van der Waals surface area contributed by atoms with Crippen LogP contribution in [0.3, 0.4) is 0 Å². The molecular weight excluding hydrogens is 324 g/mol. The number of carbonyl (C=O) groups is 2. The smallest absolute Gasteiger partial charge is 0.251 e. The van der Waals surface area contributed by atoms with E-state index < -0.39 is 0 Å². The largest absolute Gasteiger partial charge is 0.352 e. The van der Waals surface area contributed by atoms with Crippen molar-refractivity contribution in [3.8, 4) is 0 Å². The van der Waals surface area contributed by atoms with Crippen molar-refractivity contribution in [1.29, 1.82) is 0 Å². The van der Waals surface area contributed by atoms with Crippen LogP contribution in [0.1, 0.15) is 27.9 Å². The molecule has 0 aliphatic carbocycles. The van der Waals surface area contributed by atoms with E-state index in [0.29, 0.717) is 24.9 Å². The number of fused-ring (bicyclic) bond motifs is 2. The number of rotatable bonds is 4. The maximum absolute atomic E-state index is 12.5. The molecular formula is C22H20N2O2. The average Bonchev–Trinajstić information content (AvgIpc) is 2.67. The normalized spacial score (nSPS) is 13.2. The van der Waals surface area contributed by atoms with Crippen LogP contribution in [0.2, 0.25) is 0 Å².